The highest BCUT2D eigenvalue weighted by Crippen LogP contribution is 2.32. The molecule has 0 saturated carbocycles. The van der Waals surface area contributed by atoms with Gasteiger partial charge in [0.15, 0.2) is 0 Å². The number of nitrogens with one attached hydrogen (secondary N) is 2. The van der Waals surface area contributed by atoms with Gasteiger partial charge in [-0.25, -0.2) is 4.39 Å². The van der Waals surface area contributed by atoms with E-state index in [4.69, 9.17) is 0 Å². The van der Waals surface area contributed by atoms with Crippen molar-refractivity contribution in [2.24, 2.45) is 0 Å². The third-order valence-electron chi connectivity index (χ3n) is 3.30. The van der Waals surface area contributed by atoms with Gasteiger partial charge in [-0.2, -0.15) is 0 Å². The largest absolute Gasteiger partial charge is 0.383 e. The first-order chi connectivity index (χ1) is 8.25. The van der Waals surface area contributed by atoms with Crippen LogP contribution in [0.1, 0.15) is 6.42 Å². The number of anilines is 2. The van der Waals surface area contributed by atoms with Crippen molar-refractivity contribution in [3.05, 3.63) is 24.0 Å². The Morgan fingerprint density at radius 3 is 3.18 bits per heavy atom. The molecule has 4 nitrogen and oxygen atoms in total. The van der Waals surface area contributed by atoms with E-state index in [0.29, 0.717) is 12.2 Å². The van der Waals surface area contributed by atoms with Gasteiger partial charge in [0.1, 0.15) is 5.82 Å². The van der Waals surface area contributed by atoms with Crippen molar-refractivity contribution in [2.75, 3.05) is 29.9 Å². The third kappa shape index (κ3) is 1.76. The number of carbonyl (C=O) groups excluding carboxylic acids is 1. The molecule has 1 amide bonds. The summed E-state index contributed by atoms with van der Waals surface area (Å²) in [6.07, 6.45) is 0.870. The van der Waals surface area contributed by atoms with E-state index in [0.717, 1.165) is 25.2 Å². The number of piperazine rings is 1. The van der Waals surface area contributed by atoms with E-state index in [-0.39, 0.29) is 17.8 Å². The number of rotatable bonds is 0. The van der Waals surface area contributed by atoms with Gasteiger partial charge in [0.2, 0.25) is 5.91 Å². The molecule has 1 fully saturated rings. The molecular formula is C12H14FN3O. The standard InChI is InChI=1S/C12H14FN3O/c13-8-1-2-10-11(5-8)16-9(3-4-15-10)6-14-7-12(16)17/h1-2,5,9,14-15H,3-4,6-7H2. The smallest absolute Gasteiger partial charge is 0.241 e. The van der Waals surface area contributed by atoms with Gasteiger partial charge >= 0.3 is 0 Å². The predicted octanol–water partition coefficient (Wildman–Crippen LogP) is 0.946. The van der Waals surface area contributed by atoms with E-state index in [9.17, 15) is 9.18 Å². The molecule has 0 aromatic heterocycles. The average Bonchev–Trinajstić information content (AvgIpc) is 2.49. The van der Waals surface area contributed by atoms with Gasteiger partial charge < -0.3 is 15.5 Å². The molecule has 0 spiro atoms. The lowest BCUT2D eigenvalue weighted by Gasteiger charge is -2.35. The van der Waals surface area contributed by atoms with Gasteiger partial charge in [0.25, 0.3) is 0 Å². The maximum atomic E-state index is 13.3. The van der Waals surface area contributed by atoms with Crippen LogP contribution in [-0.2, 0) is 4.79 Å². The molecule has 1 saturated heterocycles. The van der Waals surface area contributed by atoms with Gasteiger partial charge in [-0.05, 0) is 24.6 Å². The highest BCUT2D eigenvalue weighted by Gasteiger charge is 2.32. The Morgan fingerprint density at radius 2 is 2.29 bits per heavy atom. The quantitative estimate of drug-likeness (QED) is 0.703. The lowest BCUT2D eigenvalue weighted by molar-refractivity contribution is -0.119. The monoisotopic (exact) mass is 235 g/mol. The SMILES string of the molecule is O=C1CNCC2CCNc3ccc(F)cc3N12. The zero-order valence-electron chi connectivity index (χ0n) is 9.37. The minimum atomic E-state index is -0.308. The van der Waals surface area contributed by atoms with Gasteiger partial charge in [-0.3, -0.25) is 4.79 Å². The van der Waals surface area contributed by atoms with E-state index in [2.05, 4.69) is 10.6 Å². The van der Waals surface area contributed by atoms with Crippen LogP contribution in [0.25, 0.3) is 0 Å². The highest BCUT2D eigenvalue weighted by molar-refractivity contribution is 5.99. The molecule has 0 bridgehead atoms. The predicted molar refractivity (Wildman–Crippen MR) is 63.7 cm³/mol. The van der Waals surface area contributed by atoms with Crippen molar-refractivity contribution in [2.45, 2.75) is 12.5 Å². The van der Waals surface area contributed by atoms with Crippen molar-refractivity contribution in [3.63, 3.8) is 0 Å². The number of hydrogen-bond acceptors (Lipinski definition) is 3. The summed E-state index contributed by atoms with van der Waals surface area (Å²) in [5, 5.41) is 6.34. The van der Waals surface area contributed by atoms with Crippen molar-refractivity contribution in [3.8, 4) is 0 Å². The minimum Gasteiger partial charge on any atom is -0.383 e. The van der Waals surface area contributed by atoms with Crippen LogP contribution in [-0.4, -0.2) is 31.6 Å². The molecule has 0 radical (unpaired) electrons. The van der Waals surface area contributed by atoms with Crippen LogP contribution in [0, 0.1) is 5.82 Å². The lowest BCUT2D eigenvalue weighted by atomic mass is 10.1. The number of carbonyl (C=O) groups is 1. The summed E-state index contributed by atoms with van der Waals surface area (Å²) in [5.41, 5.74) is 1.50. The minimum absolute atomic E-state index is 0.0109. The number of benzene rings is 1. The first-order valence-corrected chi connectivity index (χ1v) is 5.82. The maximum Gasteiger partial charge on any atom is 0.241 e. The zero-order chi connectivity index (χ0) is 11.8. The van der Waals surface area contributed by atoms with Crippen LogP contribution in [0.5, 0.6) is 0 Å². The molecule has 5 heteroatoms. The summed E-state index contributed by atoms with van der Waals surface area (Å²) in [6, 6.07) is 4.66. The van der Waals surface area contributed by atoms with Crippen molar-refractivity contribution < 1.29 is 9.18 Å². The fraction of sp³-hybridized carbons (Fsp3) is 0.417. The summed E-state index contributed by atoms with van der Waals surface area (Å²) in [7, 11) is 0. The number of nitrogens with zero attached hydrogens (tertiary/aromatic N) is 1. The van der Waals surface area contributed by atoms with Crippen molar-refractivity contribution in [1.29, 1.82) is 0 Å². The van der Waals surface area contributed by atoms with Crippen LogP contribution >= 0.6 is 0 Å². The third-order valence-corrected chi connectivity index (χ3v) is 3.30. The van der Waals surface area contributed by atoms with E-state index in [1.807, 2.05) is 0 Å². The lowest BCUT2D eigenvalue weighted by Crippen LogP contribution is -2.55. The molecular weight excluding hydrogens is 221 g/mol. The Kier molecular flexibility index (Phi) is 2.48. The first kappa shape index (κ1) is 10.5. The molecule has 1 unspecified atom stereocenters. The molecule has 2 heterocycles. The summed E-state index contributed by atoms with van der Waals surface area (Å²) in [5.74, 6) is -0.297. The first-order valence-electron chi connectivity index (χ1n) is 5.82. The number of amides is 1. The van der Waals surface area contributed by atoms with Gasteiger partial charge in [-0.1, -0.05) is 0 Å². The number of hydrogen-bond donors (Lipinski definition) is 2. The fourth-order valence-electron chi connectivity index (χ4n) is 2.52. The van der Waals surface area contributed by atoms with Crippen molar-refractivity contribution in [1.82, 2.24) is 5.32 Å². The Bertz CT molecular complexity index is 463. The summed E-state index contributed by atoms with van der Waals surface area (Å²) in [4.78, 5) is 13.7. The Morgan fingerprint density at radius 1 is 1.41 bits per heavy atom. The van der Waals surface area contributed by atoms with Crippen LogP contribution in [0.4, 0.5) is 15.8 Å². The second-order valence-corrected chi connectivity index (χ2v) is 4.43. The van der Waals surface area contributed by atoms with Gasteiger partial charge in [0, 0.05) is 13.1 Å². The Hall–Kier alpha value is -1.62. The molecule has 1 atom stereocenters. The van der Waals surface area contributed by atoms with E-state index in [1.54, 1.807) is 11.0 Å². The summed E-state index contributed by atoms with van der Waals surface area (Å²) in [6.45, 7) is 1.89. The van der Waals surface area contributed by atoms with E-state index < -0.39 is 0 Å². The van der Waals surface area contributed by atoms with E-state index >= 15 is 0 Å². The molecule has 2 aliphatic rings. The summed E-state index contributed by atoms with van der Waals surface area (Å²) >= 11 is 0. The zero-order valence-corrected chi connectivity index (χ0v) is 9.37. The summed E-state index contributed by atoms with van der Waals surface area (Å²) < 4.78 is 13.3. The number of fused-ring (bicyclic) bond motifs is 3. The second-order valence-electron chi connectivity index (χ2n) is 4.43. The molecule has 2 N–H and O–H groups in total. The van der Waals surface area contributed by atoms with Crippen LogP contribution in [0.3, 0.4) is 0 Å². The van der Waals surface area contributed by atoms with Crippen molar-refractivity contribution >= 4 is 17.3 Å². The van der Waals surface area contributed by atoms with Gasteiger partial charge in [0.05, 0.1) is 24.0 Å². The van der Waals surface area contributed by atoms with Crippen LogP contribution in [0.2, 0.25) is 0 Å². The topological polar surface area (TPSA) is 44.4 Å². The molecule has 3 rings (SSSR count). The molecule has 2 aliphatic heterocycles. The van der Waals surface area contributed by atoms with Crippen LogP contribution < -0.4 is 15.5 Å². The Labute approximate surface area is 98.8 Å². The van der Waals surface area contributed by atoms with Gasteiger partial charge in [-0.15, -0.1) is 0 Å². The maximum absolute atomic E-state index is 13.3. The molecule has 1 aromatic rings. The Balaban J connectivity index is 2.09. The highest BCUT2D eigenvalue weighted by atomic mass is 19.1. The average molecular weight is 235 g/mol. The number of halogens is 1. The molecule has 90 valence electrons. The fourth-order valence-corrected chi connectivity index (χ4v) is 2.52. The normalized spacial score (nSPS) is 23.5. The molecule has 1 aromatic carbocycles. The molecule has 0 aliphatic carbocycles. The second kappa shape index (κ2) is 4.00. The van der Waals surface area contributed by atoms with E-state index in [1.165, 1.54) is 12.1 Å². The molecule has 17 heavy (non-hydrogen) atoms. The van der Waals surface area contributed by atoms with Crippen LogP contribution in [0.15, 0.2) is 18.2 Å².